The van der Waals surface area contributed by atoms with Crippen LogP contribution in [0.5, 0.6) is 0 Å². The SMILES string of the molecule is O=C1C(O)=C(c2ccccc2)[C@@H](c2ccccc2)N1Cc1ccco1. The molecule has 124 valence electrons. The maximum absolute atomic E-state index is 12.8. The number of nitrogens with zero attached hydrogens (tertiary/aromatic N) is 1. The van der Waals surface area contributed by atoms with Gasteiger partial charge in [0.05, 0.1) is 18.8 Å². The second kappa shape index (κ2) is 6.32. The van der Waals surface area contributed by atoms with E-state index in [1.807, 2.05) is 66.7 Å². The van der Waals surface area contributed by atoms with E-state index < -0.39 is 0 Å². The topological polar surface area (TPSA) is 53.7 Å². The third-order valence-electron chi connectivity index (χ3n) is 4.41. The summed E-state index contributed by atoms with van der Waals surface area (Å²) in [4.78, 5) is 14.4. The Morgan fingerprint density at radius 3 is 2.24 bits per heavy atom. The first kappa shape index (κ1) is 15.3. The van der Waals surface area contributed by atoms with Crippen LogP contribution in [0.4, 0.5) is 0 Å². The van der Waals surface area contributed by atoms with Crippen molar-refractivity contribution in [1.82, 2.24) is 4.90 Å². The van der Waals surface area contributed by atoms with Gasteiger partial charge < -0.3 is 14.4 Å². The van der Waals surface area contributed by atoms with Gasteiger partial charge in [-0.1, -0.05) is 60.7 Å². The Labute approximate surface area is 145 Å². The van der Waals surface area contributed by atoms with Crippen molar-refractivity contribution in [2.75, 3.05) is 0 Å². The van der Waals surface area contributed by atoms with E-state index in [4.69, 9.17) is 4.42 Å². The lowest BCUT2D eigenvalue weighted by Gasteiger charge is -2.26. The van der Waals surface area contributed by atoms with Gasteiger partial charge in [-0.2, -0.15) is 0 Å². The zero-order valence-corrected chi connectivity index (χ0v) is 13.5. The first-order valence-corrected chi connectivity index (χ1v) is 8.12. The van der Waals surface area contributed by atoms with Crippen LogP contribution in [-0.4, -0.2) is 15.9 Å². The van der Waals surface area contributed by atoms with Crippen LogP contribution in [-0.2, 0) is 11.3 Å². The van der Waals surface area contributed by atoms with Crippen molar-refractivity contribution < 1.29 is 14.3 Å². The number of carbonyl (C=O) groups is 1. The van der Waals surface area contributed by atoms with E-state index in [1.165, 1.54) is 0 Å². The molecule has 1 aliphatic rings. The molecule has 1 atom stereocenters. The summed E-state index contributed by atoms with van der Waals surface area (Å²) < 4.78 is 5.41. The van der Waals surface area contributed by atoms with Crippen molar-refractivity contribution in [3.63, 3.8) is 0 Å². The summed E-state index contributed by atoms with van der Waals surface area (Å²) in [6, 6.07) is 22.5. The number of aliphatic hydroxyl groups is 1. The molecule has 0 saturated heterocycles. The summed E-state index contributed by atoms with van der Waals surface area (Å²) in [6.07, 6.45) is 1.58. The van der Waals surface area contributed by atoms with Crippen LogP contribution in [0.1, 0.15) is 22.9 Å². The van der Waals surface area contributed by atoms with Gasteiger partial charge in [-0.25, -0.2) is 0 Å². The molecule has 1 aromatic heterocycles. The molecule has 3 aromatic rings. The van der Waals surface area contributed by atoms with Gasteiger partial charge >= 0.3 is 0 Å². The first-order chi connectivity index (χ1) is 12.3. The lowest BCUT2D eigenvalue weighted by atomic mass is 9.93. The number of amides is 1. The molecule has 0 aliphatic carbocycles. The van der Waals surface area contributed by atoms with Crippen molar-refractivity contribution in [3.05, 3.63) is 102 Å². The minimum absolute atomic E-state index is 0.202. The van der Waals surface area contributed by atoms with Gasteiger partial charge in [0.2, 0.25) is 0 Å². The fourth-order valence-corrected chi connectivity index (χ4v) is 3.28. The minimum atomic E-state index is -0.385. The third-order valence-corrected chi connectivity index (χ3v) is 4.41. The maximum Gasteiger partial charge on any atom is 0.290 e. The predicted molar refractivity (Wildman–Crippen MR) is 94.4 cm³/mol. The fourth-order valence-electron chi connectivity index (χ4n) is 3.28. The Bertz CT molecular complexity index is 899. The van der Waals surface area contributed by atoms with E-state index in [0.717, 1.165) is 11.1 Å². The zero-order chi connectivity index (χ0) is 17.2. The van der Waals surface area contributed by atoms with Crippen molar-refractivity contribution in [2.24, 2.45) is 0 Å². The fraction of sp³-hybridized carbons (Fsp3) is 0.0952. The summed E-state index contributed by atoms with van der Waals surface area (Å²) in [5.41, 5.74) is 2.41. The van der Waals surface area contributed by atoms with Crippen LogP contribution in [0, 0.1) is 0 Å². The van der Waals surface area contributed by atoms with Crippen molar-refractivity contribution >= 4 is 11.5 Å². The molecule has 0 radical (unpaired) electrons. The second-order valence-corrected chi connectivity index (χ2v) is 5.95. The molecule has 4 nitrogen and oxygen atoms in total. The van der Waals surface area contributed by atoms with E-state index in [0.29, 0.717) is 17.9 Å². The highest BCUT2D eigenvalue weighted by Gasteiger charge is 2.41. The van der Waals surface area contributed by atoms with Crippen LogP contribution in [0.25, 0.3) is 5.57 Å². The van der Waals surface area contributed by atoms with E-state index in [2.05, 4.69) is 0 Å². The summed E-state index contributed by atoms with van der Waals surface area (Å²) in [7, 11) is 0. The third kappa shape index (κ3) is 2.72. The van der Waals surface area contributed by atoms with E-state index in [-0.39, 0.29) is 17.7 Å². The van der Waals surface area contributed by atoms with Gasteiger partial charge in [0.25, 0.3) is 5.91 Å². The van der Waals surface area contributed by atoms with Gasteiger partial charge in [-0.15, -0.1) is 0 Å². The Hall–Kier alpha value is -3.27. The highest BCUT2D eigenvalue weighted by Crippen LogP contribution is 2.43. The lowest BCUT2D eigenvalue weighted by Crippen LogP contribution is -2.29. The molecule has 1 N–H and O–H groups in total. The van der Waals surface area contributed by atoms with Gasteiger partial charge in [-0.05, 0) is 23.3 Å². The monoisotopic (exact) mass is 331 g/mol. The van der Waals surface area contributed by atoms with E-state index in [1.54, 1.807) is 17.2 Å². The molecule has 0 unspecified atom stereocenters. The number of hydrogen-bond donors (Lipinski definition) is 1. The standard InChI is InChI=1S/C21H17NO3/c23-20-18(15-8-3-1-4-9-15)19(16-10-5-2-6-11-16)22(21(20)24)14-17-12-7-13-25-17/h1-13,19,23H,14H2/t19-/m1/s1. The molecule has 0 spiro atoms. The van der Waals surface area contributed by atoms with Crippen LogP contribution in [0.2, 0.25) is 0 Å². The highest BCUT2D eigenvalue weighted by atomic mass is 16.3. The largest absolute Gasteiger partial charge is 0.503 e. The lowest BCUT2D eigenvalue weighted by molar-refractivity contribution is -0.130. The first-order valence-electron chi connectivity index (χ1n) is 8.12. The van der Waals surface area contributed by atoms with Gasteiger partial charge in [0.15, 0.2) is 5.76 Å². The van der Waals surface area contributed by atoms with Crippen molar-refractivity contribution in [2.45, 2.75) is 12.6 Å². The molecular weight excluding hydrogens is 314 g/mol. The summed E-state index contributed by atoms with van der Waals surface area (Å²) >= 11 is 0. The van der Waals surface area contributed by atoms with Crippen LogP contribution in [0.15, 0.2) is 89.2 Å². The maximum atomic E-state index is 12.8. The number of furan rings is 1. The number of aliphatic hydroxyl groups excluding tert-OH is 1. The van der Waals surface area contributed by atoms with Crippen LogP contribution in [0.3, 0.4) is 0 Å². The molecule has 4 heteroatoms. The molecule has 25 heavy (non-hydrogen) atoms. The molecule has 0 bridgehead atoms. The molecule has 4 rings (SSSR count). The smallest absolute Gasteiger partial charge is 0.290 e. The minimum Gasteiger partial charge on any atom is -0.503 e. The van der Waals surface area contributed by atoms with Crippen molar-refractivity contribution in [1.29, 1.82) is 0 Å². The Balaban J connectivity index is 1.82. The van der Waals surface area contributed by atoms with Crippen molar-refractivity contribution in [3.8, 4) is 0 Å². The zero-order valence-electron chi connectivity index (χ0n) is 13.5. The van der Waals surface area contributed by atoms with E-state index in [9.17, 15) is 9.90 Å². The average molecular weight is 331 g/mol. The molecule has 0 saturated carbocycles. The van der Waals surface area contributed by atoms with E-state index >= 15 is 0 Å². The van der Waals surface area contributed by atoms with Crippen LogP contribution < -0.4 is 0 Å². The molecule has 2 heterocycles. The van der Waals surface area contributed by atoms with Gasteiger partial charge in [0, 0.05) is 5.57 Å². The molecule has 1 amide bonds. The molecule has 0 fully saturated rings. The second-order valence-electron chi connectivity index (χ2n) is 5.95. The van der Waals surface area contributed by atoms with Crippen LogP contribution >= 0.6 is 0 Å². The average Bonchev–Trinajstić information content (AvgIpc) is 3.25. The highest BCUT2D eigenvalue weighted by molar-refractivity contribution is 6.05. The Morgan fingerprint density at radius 1 is 0.920 bits per heavy atom. The normalized spacial score (nSPS) is 17.4. The molecule has 1 aliphatic heterocycles. The predicted octanol–water partition coefficient (Wildman–Crippen LogP) is 4.33. The number of rotatable bonds is 4. The quantitative estimate of drug-likeness (QED) is 0.774. The summed E-state index contributed by atoms with van der Waals surface area (Å²) in [5.74, 6) is 0.0899. The van der Waals surface area contributed by atoms with Gasteiger partial charge in [-0.3, -0.25) is 4.79 Å². The van der Waals surface area contributed by atoms with Gasteiger partial charge in [0.1, 0.15) is 5.76 Å². The Kier molecular flexibility index (Phi) is 3.86. The summed E-state index contributed by atoms with van der Waals surface area (Å²) in [5, 5.41) is 10.6. The number of benzene rings is 2. The number of carbonyl (C=O) groups excluding carboxylic acids is 1. The Morgan fingerprint density at radius 2 is 1.60 bits per heavy atom. The number of hydrogen-bond acceptors (Lipinski definition) is 3. The molecule has 2 aromatic carbocycles. The molecular formula is C21H17NO3. The summed E-state index contributed by atoms with van der Waals surface area (Å²) in [6.45, 7) is 0.297.